The molecule has 16 heavy (non-hydrogen) atoms. The summed E-state index contributed by atoms with van der Waals surface area (Å²) in [4.78, 5) is 4.67. The minimum Gasteiger partial charge on any atom is -0.330 e. The molecule has 1 aromatic heterocycles. The third kappa shape index (κ3) is 1.49. The summed E-state index contributed by atoms with van der Waals surface area (Å²) in [5.41, 5.74) is 6.68. The van der Waals surface area contributed by atoms with Crippen LogP contribution in [0.5, 0.6) is 0 Å². The minimum absolute atomic E-state index is 0.664. The van der Waals surface area contributed by atoms with Crippen molar-refractivity contribution in [2.75, 3.05) is 6.54 Å². The van der Waals surface area contributed by atoms with Gasteiger partial charge in [0.25, 0.3) is 0 Å². The van der Waals surface area contributed by atoms with E-state index in [1.54, 1.807) is 11.3 Å². The maximum absolute atomic E-state index is 5.56. The Morgan fingerprint density at radius 3 is 2.88 bits per heavy atom. The number of nitrogens with zero attached hydrogens (tertiary/aromatic N) is 1. The SMILES string of the molecule is NCCc1nc2c(ccc3ccccc32)s1. The molecule has 0 bridgehead atoms. The lowest BCUT2D eigenvalue weighted by atomic mass is 10.1. The van der Waals surface area contributed by atoms with Gasteiger partial charge >= 0.3 is 0 Å². The second kappa shape index (κ2) is 3.85. The summed E-state index contributed by atoms with van der Waals surface area (Å²) in [6.07, 6.45) is 0.869. The van der Waals surface area contributed by atoms with Crippen LogP contribution in [0.1, 0.15) is 5.01 Å². The smallest absolute Gasteiger partial charge is 0.0951 e. The molecule has 0 unspecified atom stereocenters. The number of hydrogen-bond donors (Lipinski definition) is 1. The van der Waals surface area contributed by atoms with Crippen LogP contribution < -0.4 is 5.73 Å². The minimum atomic E-state index is 0.664. The van der Waals surface area contributed by atoms with Gasteiger partial charge in [0.2, 0.25) is 0 Å². The van der Waals surface area contributed by atoms with Gasteiger partial charge in [-0.05, 0) is 18.0 Å². The number of hydrogen-bond acceptors (Lipinski definition) is 3. The molecule has 3 aromatic rings. The molecule has 80 valence electrons. The van der Waals surface area contributed by atoms with Crippen LogP contribution in [-0.4, -0.2) is 11.5 Å². The number of thiazole rings is 1. The molecule has 0 radical (unpaired) electrons. The van der Waals surface area contributed by atoms with Crippen LogP contribution in [0.15, 0.2) is 36.4 Å². The van der Waals surface area contributed by atoms with Crippen molar-refractivity contribution in [1.82, 2.24) is 4.98 Å². The van der Waals surface area contributed by atoms with Crippen molar-refractivity contribution in [2.24, 2.45) is 5.73 Å². The fourth-order valence-electron chi connectivity index (χ4n) is 1.94. The first-order chi connectivity index (χ1) is 7.88. The Bertz CT molecular complexity index is 643. The van der Waals surface area contributed by atoms with E-state index in [1.807, 2.05) is 0 Å². The number of rotatable bonds is 2. The van der Waals surface area contributed by atoms with Gasteiger partial charge in [-0.2, -0.15) is 0 Å². The van der Waals surface area contributed by atoms with E-state index in [-0.39, 0.29) is 0 Å². The van der Waals surface area contributed by atoms with E-state index in [1.165, 1.54) is 15.5 Å². The molecular formula is C13H12N2S. The lowest BCUT2D eigenvalue weighted by Crippen LogP contribution is -2.01. The summed E-state index contributed by atoms with van der Waals surface area (Å²) in [5.74, 6) is 0. The predicted octanol–water partition coefficient (Wildman–Crippen LogP) is 2.95. The van der Waals surface area contributed by atoms with Gasteiger partial charge in [-0.3, -0.25) is 0 Å². The number of benzene rings is 2. The Balaban J connectivity index is 2.32. The number of nitrogens with two attached hydrogens (primary N) is 1. The highest BCUT2D eigenvalue weighted by molar-refractivity contribution is 7.18. The Morgan fingerprint density at radius 1 is 1.12 bits per heavy atom. The Labute approximate surface area is 97.7 Å². The maximum atomic E-state index is 5.56. The molecule has 0 saturated carbocycles. The molecular weight excluding hydrogens is 216 g/mol. The van der Waals surface area contributed by atoms with Gasteiger partial charge in [-0.25, -0.2) is 4.98 Å². The fourth-order valence-corrected chi connectivity index (χ4v) is 2.94. The van der Waals surface area contributed by atoms with Crippen molar-refractivity contribution >= 4 is 32.3 Å². The van der Waals surface area contributed by atoms with Gasteiger partial charge in [0, 0.05) is 11.8 Å². The zero-order valence-corrected chi connectivity index (χ0v) is 9.63. The summed E-state index contributed by atoms with van der Waals surface area (Å²) >= 11 is 1.75. The Hall–Kier alpha value is -1.45. The largest absolute Gasteiger partial charge is 0.330 e. The molecule has 2 N–H and O–H groups in total. The highest BCUT2D eigenvalue weighted by atomic mass is 32.1. The Kier molecular flexibility index (Phi) is 2.35. The monoisotopic (exact) mass is 228 g/mol. The van der Waals surface area contributed by atoms with E-state index in [4.69, 9.17) is 5.73 Å². The standard InChI is InChI=1S/C13H12N2S/c14-8-7-12-15-13-10-4-2-1-3-9(10)5-6-11(13)16-12/h1-6H,7-8,14H2. The molecule has 3 rings (SSSR count). The van der Waals surface area contributed by atoms with Crippen molar-refractivity contribution in [3.05, 3.63) is 41.4 Å². The molecule has 2 nitrogen and oxygen atoms in total. The van der Waals surface area contributed by atoms with Gasteiger partial charge in [0.15, 0.2) is 0 Å². The Morgan fingerprint density at radius 2 is 2.00 bits per heavy atom. The van der Waals surface area contributed by atoms with Crippen LogP contribution >= 0.6 is 11.3 Å². The van der Waals surface area contributed by atoms with Gasteiger partial charge in [0.1, 0.15) is 0 Å². The topological polar surface area (TPSA) is 38.9 Å². The second-order valence-electron chi connectivity index (χ2n) is 3.78. The molecule has 0 aliphatic carbocycles. The molecule has 1 heterocycles. The van der Waals surface area contributed by atoms with Crippen LogP contribution in [0.3, 0.4) is 0 Å². The van der Waals surface area contributed by atoms with E-state index in [0.717, 1.165) is 16.9 Å². The van der Waals surface area contributed by atoms with Gasteiger partial charge in [0.05, 0.1) is 15.2 Å². The van der Waals surface area contributed by atoms with Crippen molar-refractivity contribution in [2.45, 2.75) is 6.42 Å². The summed E-state index contributed by atoms with van der Waals surface area (Å²) in [7, 11) is 0. The van der Waals surface area contributed by atoms with Crippen LogP contribution in [-0.2, 0) is 6.42 Å². The zero-order valence-electron chi connectivity index (χ0n) is 8.81. The third-order valence-electron chi connectivity index (χ3n) is 2.69. The zero-order chi connectivity index (χ0) is 11.0. The van der Waals surface area contributed by atoms with Crippen LogP contribution in [0, 0.1) is 0 Å². The van der Waals surface area contributed by atoms with Crippen molar-refractivity contribution in [3.63, 3.8) is 0 Å². The lowest BCUT2D eigenvalue weighted by molar-refractivity contribution is 0.958. The van der Waals surface area contributed by atoms with Crippen LogP contribution in [0.4, 0.5) is 0 Å². The summed E-state index contributed by atoms with van der Waals surface area (Å²) < 4.78 is 1.25. The normalized spacial score (nSPS) is 11.3. The molecule has 0 fully saturated rings. The van der Waals surface area contributed by atoms with Gasteiger partial charge in [-0.15, -0.1) is 11.3 Å². The number of fused-ring (bicyclic) bond motifs is 3. The first kappa shape index (κ1) is 9.75. The van der Waals surface area contributed by atoms with E-state index < -0.39 is 0 Å². The van der Waals surface area contributed by atoms with Gasteiger partial charge in [-0.1, -0.05) is 30.3 Å². The fraction of sp³-hybridized carbons (Fsp3) is 0.154. The number of aromatic nitrogens is 1. The second-order valence-corrected chi connectivity index (χ2v) is 4.89. The highest BCUT2D eigenvalue weighted by Crippen LogP contribution is 2.29. The summed E-state index contributed by atoms with van der Waals surface area (Å²) in [6, 6.07) is 12.7. The average molecular weight is 228 g/mol. The average Bonchev–Trinajstić information content (AvgIpc) is 2.72. The van der Waals surface area contributed by atoms with E-state index in [9.17, 15) is 0 Å². The first-order valence-electron chi connectivity index (χ1n) is 5.36. The molecule has 2 aromatic carbocycles. The van der Waals surface area contributed by atoms with Crippen molar-refractivity contribution in [3.8, 4) is 0 Å². The predicted molar refractivity (Wildman–Crippen MR) is 69.9 cm³/mol. The van der Waals surface area contributed by atoms with E-state index >= 15 is 0 Å². The van der Waals surface area contributed by atoms with Crippen molar-refractivity contribution in [1.29, 1.82) is 0 Å². The van der Waals surface area contributed by atoms with E-state index in [2.05, 4.69) is 41.4 Å². The quantitative estimate of drug-likeness (QED) is 0.732. The first-order valence-corrected chi connectivity index (χ1v) is 6.17. The molecule has 0 atom stereocenters. The molecule has 0 spiro atoms. The third-order valence-corrected chi connectivity index (χ3v) is 3.77. The molecule has 0 saturated heterocycles. The lowest BCUT2D eigenvalue weighted by Gasteiger charge is -1.96. The molecule has 0 amide bonds. The van der Waals surface area contributed by atoms with E-state index in [0.29, 0.717) is 6.54 Å². The van der Waals surface area contributed by atoms with Crippen LogP contribution in [0.2, 0.25) is 0 Å². The van der Waals surface area contributed by atoms with Crippen molar-refractivity contribution < 1.29 is 0 Å². The summed E-state index contributed by atoms with van der Waals surface area (Å²) in [6.45, 7) is 0.664. The van der Waals surface area contributed by atoms with Gasteiger partial charge < -0.3 is 5.73 Å². The summed E-state index contributed by atoms with van der Waals surface area (Å²) in [5, 5.41) is 3.62. The highest BCUT2D eigenvalue weighted by Gasteiger charge is 2.06. The van der Waals surface area contributed by atoms with Crippen LogP contribution in [0.25, 0.3) is 21.0 Å². The molecule has 3 heteroatoms. The molecule has 0 aliphatic rings. The molecule has 0 aliphatic heterocycles. The maximum Gasteiger partial charge on any atom is 0.0951 e.